The number of hydrogen-bond acceptors (Lipinski definition) is 7. The van der Waals surface area contributed by atoms with Crippen molar-refractivity contribution in [2.24, 2.45) is 0 Å². The highest BCUT2D eigenvalue weighted by atomic mass is 16.5. The van der Waals surface area contributed by atoms with Gasteiger partial charge >= 0.3 is 6.03 Å². The third kappa shape index (κ3) is 3.98. The summed E-state index contributed by atoms with van der Waals surface area (Å²) in [5.74, 6) is 2.29. The molecule has 29 heavy (non-hydrogen) atoms. The first-order valence-corrected chi connectivity index (χ1v) is 9.16. The van der Waals surface area contributed by atoms with E-state index in [9.17, 15) is 4.79 Å². The maximum atomic E-state index is 12.4. The molecule has 0 aliphatic carbocycles. The van der Waals surface area contributed by atoms with Gasteiger partial charge in [0, 0.05) is 25.8 Å². The van der Waals surface area contributed by atoms with Crippen LogP contribution in [0, 0.1) is 0 Å². The van der Waals surface area contributed by atoms with E-state index in [-0.39, 0.29) is 11.9 Å². The summed E-state index contributed by atoms with van der Waals surface area (Å²) in [7, 11) is 3.17. The quantitative estimate of drug-likeness (QED) is 0.684. The Bertz CT molecular complexity index is 986. The van der Waals surface area contributed by atoms with Crippen LogP contribution < -0.4 is 14.8 Å². The van der Waals surface area contributed by atoms with E-state index in [0.717, 1.165) is 5.56 Å². The van der Waals surface area contributed by atoms with E-state index in [1.165, 1.54) is 0 Å². The normalized spacial score (nSPS) is 13.7. The topological polar surface area (TPSA) is 103 Å². The summed E-state index contributed by atoms with van der Waals surface area (Å²) in [5.41, 5.74) is 1.58. The van der Waals surface area contributed by atoms with Crippen LogP contribution in [0.2, 0.25) is 0 Å². The number of carbonyl (C=O) groups excluding carboxylic acids is 1. The summed E-state index contributed by atoms with van der Waals surface area (Å²) in [6.07, 6.45) is 1.68. The molecule has 2 amide bonds. The first-order chi connectivity index (χ1) is 14.2. The predicted molar refractivity (Wildman–Crippen MR) is 104 cm³/mol. The summed E-state index contributed by atoms with van der Waals surface area (Å²) in [6, 6.07) is 10.9. The van der Waals surface area contributed by atoms with E-state index < -0.39 is 0 Å². The Hall–Kier alpha value is -3.62. The molecule has 150 valence electrons. The van der Waals surface area contributed by atoms with E-state index in [1.54, 1.807) is 25.3 Å². The van der Waals surface area contributed by atoms with Gasteiger partial charge in [-0.05, 0) is 29.8 Å². The van der Waals surface area contributed by atoms with Crippen LogP contribution in [0.5, 0.6) is 11.5 Å². The Morgan fingerprint density at radius 3 is 2.76 bits per heavy atom. The summed E-state index contributed by atoms with van der Waals surface area (Å²) in [5, 5.41) is 6.88. The lowest BCUT2D eigenvalue weighted by atomic mass is 10.0. The standard InChI is InChI=1S/C20H21N5O4/c1-27-16-7-6-13(9-17(16)28-2)10-22-20(26)25-11-14(12-25)19-23-18(24-29-19)15-5-3-4-8-21-15/h3-9,14H,10-12H2,1-2H3,(H,22,26). The number of likely N-dealkylation sites (tertiary alicyclic amines) is 1. The van der Waals surface area contributed by atoms with Crippen LogP contribution in [0.3, 0.4) is 0 Å². The van der Waals surface area contributed by atoms with Crippen LogP contribution in [0.4, 0.5) is 4.79 Å². The largest absolute Gasteiger partial charge is 0.493 e. The minimum atomic E-state index is -0.138. The van der Waals surface area contributed by atoms with Gasteiger partial charge in [-0.1, -0.05) is 17.3 Å². The van der Waals surface area contributed by atoms with Crippen LogP contribution in [0.1, 0.15) is 17.4 Å². The molecule has 9 heteroatoms. The summed E-state index contributed by atoms with van der Waals surface area (Å²) < 4.78 is 15.8. The fourth-order valence-corrected chi connectivity index (χ4v) is 3.08. The maximum Gasteiger partial charge on any atom is 0.317 e. The lowest BCUT2D eigenvalue weighted by Gasteiger charge is -2.36. The second kappa shape index (κ2) is 8.17. The van der Waals surface area contributed by atoms with Crippen molar-refractivity contribution >= 4 is 6.03 Å². The molecule has 0 atom stereocenters. The predicted octanol–water partition coefficient (Wildman–Crippen LogP) is 2.46. The number of pyridine rings is 1. The van der Waals surface area contributed by atoms with Crippen LogP contribution >= 0.6 is 0 Å². The fraction of sp³-hybridized carbons (Fsp3) is 0.300. The molecule has 0 spiro atoms. The van der Waals surface area contributed by atoms with Crippen LogP contribution in [-0.4, -0.2) is 53.4 Å². The second-order valence-electron chi connectivity index (χ2n) is 6.62. The van der Waals surface area contributed by atoms with Gasteiger partial charge in [-0.25, -0.2) is 4.79 Å². The molecule has 1 aliphatic heterocycles. The molecule has 1 aliphatic rings. The van der Waals surface area contributed by atoms with Gasteiger partial charge in [0.05, 0.1) is 20.1 Å². The zero-order chi connectivity index (χ0) is 20.2. The third-order valence-corrected chi connectivity index (χ3v) is 4.75. The van der Waals surface area contributed by atoms with Gasteiger partial charge in [-0.2, -0.15) is 4.98 Å². The smallest absolute Gasteiger partial charge is 0.317 e. The Labute approximate surface area is 167 Å². The second-order valence-corrected chi connectivity index (χ2v) is 6.62. The Kier molecular flexibility index (Phi) is 5.28. The van der Waals surface area contributed by atoms with Gasteiger partial charge in [0.2, 0.25) is 11.7 Å². The summed E-state index contributed by atoms with van der Waals surface area (Å²) in [6.45, 7) is 1.45. The lowest BCUT2D eigenvalue weighted by molar-refractivity contribution is 0.136. The number of methoxy groups -OCH3 is 2. The molecule has 2 aromatic heterocycles. The minimum Gasteiger partial charge on any atom is -0.493 e. The monoisotopic (exact) mass is 395 g/mol. The first kappa shape index (κ1) is 18.7. The van der Waals surface area contributed by atoms with Crippen LogP contribution in [0.25, 0.3) is 11.5 Å². The lowest BCUT2D eigenvalue weighted by Crippen LogP contribution is -2.52. The molecule has 0 saturated carbocycles. The molecule has 1 saturated heterocycles. The van der Waals surface area contributed by atoms with Crippen molar-refractivity contribution in [1.82, 2.24) is 25.3 Å². The van der Waals surface area contributed by atoms with Gasteiger partial charge in [-0.3, -0.25) is 4.98 Å². The van der Waals surface area contributed by atoms with Crippen molar-refractivity contribution in [1.29, 1.82) is 0 Å². The molecule has 3 aromatic rings. The highest BCUT2D eigenvalue weighted by Crippen LogP contribution is 2.28. The number of aromatic nitrogens is 3. The number of urea groups is 1. The van der Waals surface area contributed by atoms with Crippen LogP contribution in [0.15, 0.2) is 47.1 Å². The maximum absolute atomic E-state index is 12.4. The Morgan fingerprint density at radius 2 is 2.03 bits per heavy atom. The molecule has 1 N–H and O–H groups in total. The van der Waals surface area contributed by atoms with Crippen LogP contribution in [-0.2, 0) is 6.54 Å². The molecular formula is C20H21N5O4. The van der Waals surface area contributed by atoms with Crippen molar-refractivity contribution < 1.29 is 18.8 Å². The Morgan fingerprint density at radius 1 is 1.21 bits per heavy atom. The number of benzene rings is 1. The number of carbonyl (C=O) groups is 1. The number of nitrogens with one attached hydrogen (secondary N) is 1. The van der Waals surface area contributed by atoms with Gasteiger partial charge in [-0.15, -0.1) is 0 Å². The zero-order valence-corrected chi connectivity index (χ0v) is 16.2. The highest BCUT2D eigenvalue weighted by molar-refractivity contribution is 5.75. The number of ether oxygens (including phenoxy) is 2. The van der Waals surface area contributed by atoms with Gasteiger partial charge in [0.1, 0.15) is 5.69 Å². The van der Waals surface area contributed by atoms with Gasteiger partial charge in [0.25, 0.3) is 0 Å². The summed E-state index contributed by atoms with van der Waals surface area (Å²) in [4.78, 5) is 22.7. The molecule has 1 aromatic carbocycles. The number of hydrogen-bond donors (Lipinski definition) is 1. The SMILES string of the molecule is COc1ccc(CNC(=O)N2CC(c3nc(-c4ccccn4)no3)C2)cc1OC. The van der Waals surface area contributed by atoms with Crippen molar-refractivity contribution in [2.75, 3.05) is 27.3 Å². The van der Waals surface area contributed by atoms with E-state index in [0.29, 0.717) is 48.5 Å². The van der Waals surface area contributed by atoms with E-state index in [1.807, 2.05) is 36.4 Å². The van der Waals surface area contributed by atoms with Crippen molar-refractivity contribution in [3.63, 3.8) is 0 Å². The highest BCUT2D eigenvalue weighted by Gasteiger charge is 2.35. The minimum absolute atomic E-state index is 0.0341. The molecule has 0 unspecified atom stereocenters. The number of rotatable bonds is 6. The molecule has 0 bridgehead atoms. The van der Waals surface area contributed by atoms with E-state index in [4.69, 9.17) is 14.0 Å². The number of nitrogens with zero attached hydrogens (tertiary/aromatic N) is 4. The molecule has 9 nitrogen and oxygen atoms in total. The molecular weight excluding hydrogens is 374 g/mol. The van der Waals surface area contributed by atoms with E-state index in [2.05, 4.69) is 20.4 Å². The van der Waals surface area contributed by atoms with Crippen molar-refractivity contribution in [3.05, 3.63) is 54.0 Å². The van der Waals surface area contributed by atoms with Gasteiger partial charge < -0.3 is 24.2 Å². The average Bonchev–Trinajstić information content (AvgIpc) is 3.21. The van der Waals surface area contributed by atoms with Crippen molar-refractivity contribution in [3.8, 4) is 23.0 Å². The molecule has 3 heterocycles. The number of amides is 2. The van der Waals surface area contributed by atoms with Crippen molar-refractivity contribution in [2.45, 2.75) is 12.5 Å². The first-order valence-electron chi connectivity index (χ1n) is 9.16. The summed E-state index contributed by atoms with van der Waals surface area (Å²) >= 11 is 0. The zero-order valence-electron chi connectivity index (χ0n) is 16.2. The fourth-order valence-electron chi connectivity index (χ4n) is 3.08. The van der Waals surface area contributed by atoms with E-state index >= 15 is 0 Å². The van der Waals surface area contributed by atoms with Gasteiger partial charge in [0.15, 0.2) is 11.5 Å². The average molecular weight is 395 g/mol. The molecule has 0 radical (unpaired) electrons. The third-order valence-electron chi connectivity index (χ3n) is 4.75. The molecule has 1 fully saturated rings. The molecule has 4 rings (SSSR count). The Balaban J connectivity index is 1.29.